The average molecular weight is 366 g/mol. The minimum absolute atomic E-state index is 0.0704. The Morgan fingerprint density at radius 1 is 1.11 bits per heavy atom. The minimum atomic E-state index is 0.0704. The molecule has 0 unspecified atom stereocenters. The first kappa shape index (κ1) is 17.8. The first-order chi connectivity index (χ1) is 13.1. The number of ether oxygens (including phenoxy) is 2. The topological polar surface area (TPSA) is 51.7 Å². The van der Waals surface area contributed by atoms with Gasteiger partial charge in [0.15, 0.2) is 11.5 Å². The van der Waals surface area contributed by atoms with Crippen molar-refractivity contribution >= 4 is 5.91 Å². The van der Waals surface area contributed by atoms with Crippen LogP contribution in [0, 0.1) is 11.8 Å². The van der Waals surface area contributed by atoms with E-state index in [1.165, 1.54) is 6.42 Å². The Balaban J connectivity index is 1.64. The van der Waals surface area contributed by atoms with Crippen LogP contribution in [0.15, 0.2) is 42.7 Å². The van der Waals surface area contributed by atoms with E-state index in [0.717, 1.165) is 29.9 Å². The van der Waals surface area contributed by atoms with E-state index in [9.17, 15) is 4.79 Å². The third-order valence-corrected chi connectivity index (χ3v) is 6.04. The molecule has 1 fully saturated rings. The summed E-state index contributed by atoms with van der Waals surface area (Å²) in [6, 6.07) is 9.78. The van der Waals surface area contributed by atoms with E-state index in [1.807, 2.05) is 23.1 Å². The number of aromatic nitrogens is 1. The third kappa shape index (κ3) is 3.64. The maximum absolute atomic E-state index is 13.4. The SMILES string of the molecule is C[C@@H]1[C@H](C)CCC[C@H]1N(Cc1ccc2c(c1)OCO2)C(=O)c1ccncc1. The molecule has 0 N–H and O–H groups in total. The predicted octanol–water partition coefficient (Wildman–Crippen LogP) is 4.28. The number of hydrogen-bond acceptors (Lipinski definition) is 4. The molecule has 0 spiro atoms. The molecule has 0 saturated heterocycles. The second-order valence-electron chi connectivity index (χ2n) is 7.69. The number of amides is 1. The first-order valence-corrected chi connectivity index (χ1v) is 9.73. The summed E-state index contributed by atoms with van der Waals surface area (Å²) in [5.41, 5.74) is 1.75. The highest BCUT2D eigenvalue weighted by Gasteiger charge is 2.34. The molecule has 27 heavy (non-hydrogen) atoms. The standard InChI is InChI=1S/C22H26N2O3/c1-15-4-3-5-19(16(15)2)24(22(25)18-8-10-23-11-9-18)13-17-6-7-20-21(12-17)27-14-26-20/h6-12,15-16,19H,3-5,13-14H2,1-2H3/t15-,16-,19-/m1/s1. The van der Waals surface area contributed by atoms with Gasteiger partial charge < -0.3 is 14.4 Å². The van der Waals surface area contributed by atoms with E-state index >= 15 is 0 Å². The molecule has 0 radical (unpaired) electrons. The highest BCUT2D eigenvalue weighted by Crippen LogP contribution is 2.36. The van der Waals surface area contributed by atoms with Gasteiger partial charge in [-0.2, -0.15) is 0 Å². The molecule has 4 rings (SSSR count). The average Bonchev–Trinajstić information content (AvgIpc) is 3.16. The number of rotatable bonds is 4. The summed E-state index contributed by atoms with van der Waals surface area (Å²) in [6.45, 7) is 5.41. The Hall–Kier alpha value is -2.56. The zero-order valence-corrected chi connectivity index (χ0v) is 15.9. The number of hydrogen-bond donors (Lipinski definition) is 0. The summed E-state index contributed by atoms with van der Waals surface area (Å²) in [5.74, 6) is 2.69. The molecule has 142 valence electrons. The van der Waals surface area contributed by atoms with Crippen LogP contribution in [0.2, 0.25) is 0 Å². The summed E-state index contributed by atoms with van der Waals surface area (Å²) in [6.07, 6.45) is 6.81. The lowest BCUT2D eigenvalue weighted by Crippen LogP contribution is -2.46. The molecular weight excluding hydrogens is 340 g/mol. The molecule has 1 aromatic carbocycles. The van der Waals surface area contributed by atoms with Gasteiger partial charge in [0.05, 0.1) is 0 Å². The summed E-state index contributed by atoms with van der Waals surface area (Å²) in [5, 5.41) is 0. The van der Waals surface area contributed by atoms with Crippen LogP contribution >= 0.6 is 0 Å². The van der Waals surface area contributed by atoms with Gasteiger partial charge in [-0.15, -0.1) is 0 Å². The van der Waals surface area contributed by atoms with Gasteiger partial charge in [-0.25, -0.2) is 0 Å². The Morgan fingerprint density at radius 2 is 1.89 bits per heavy atom. The molecule has 3 atom stereocenters. The van der Waals surface area contributed by atoms with Crippen molar-refractivity contribution in [3.63, 3.8) is 0 Å². The predicted molar refractivity (Wildman–Crippen MR) is 103 cm³/mol. The molecule has 1 amide bonds. The Kier molecular flexibility index (Phi) is 5.01. The van der Waals surface area contributed by atoms with Crippen LogP contribution in [0.25, 0.3) is 0 Å². The third-order valence-electron chi connectivity index (χ3n) is 6.04. The lowest BCUT2D eigenvalue weighted by atomic mass is 9.77. The fraction of sp³-hybridized carbons (Fsp3) is 0.455. The van der Waals surface area contributed by atoms with E-state index in [2.05, 4.69) is 18.8 Å². The second-order valence-corrected chi connectivity index (χ2v) is 7.69. The van der Waals surface area contributed by atoms with Gasteiger partial charge in [0.25, 0.3) is 5.91 Å². The lowest BCUT2D eigenvalue weighted by molar-refractivity contribution is 0.0449. The van der Waals surface area contributed by atoms with Gasteiger partial charge in [-0.3, -0.25) is 9.78 Å². The first-order valence-electron chi connectivity index (χ1n) is 9.73. The van der Waals surface area contributed by atoms with Crippen molar-refractivity contribution in [1.29, 1.82) is 0 Å². The fourth-order valence-corrected chi connectivity index (χ4v) is 4.23. The molecule has 1 aliphatic heterocycles. The largest absolute Gasteiger partial charge is 0.454 e. The van der Waals surface area contributed by atoms with Crippen LogP contribution in [0.5, 0.6) is 11.5 Å². The van der Waals surface area contributed by atoms with Crippen molar-refractivity contribution in [2.24, 2.45) is 11.8 Å². The summed E-state index contributed by atoms with van der Waals surface area (Å²) in [4.78, 5) is 19.5. The summed E-state index contributed by atoms with van der Waals surface area (Å²) >= 11 is 0. The van der Waals surface area contributed by atoms with Crippen LogP contribution in [0.1, 0.15) is 49.0 Å². The Labute approximate surface area is 160 Å². The van der Waals surface area contributed by atoms with Crippen molar-refractivity contribution in [3.8, 4) is 11.5 Å². The van der Waals surface area contributed by atoms with Crippen LogP contribution in [-0.2, 0) is 6.54 Å². The maximum atomic E-state index is 13.4. The Bertz CT molecular complexity index is 808. The van der Waals surface area contributed by atoms with Crippen LogP contribution in [-0.4, -0.2) is 28.6 Å². The zero-order chi connectivity index (χ0) is 18.8. The molecule has 1 aromatic heterocycles. The van der Waals surface area contributed by atoms with Gasteiger partial charge in [-0.1, -0.05) is 32.8 Å². The molecule has 5 heteroatoms. The molecule has 2 heterocycles. The molecular formula is C22H26N2O3. The highest BCUT2D eigenvalue weighted by atomic mass is 16.7. The van der Waals surface area contributed by atoms with Crippen LogP contribution < -0.4 is 9.47 Å². The number of nitrogens with zero attached hydrogens (tertiary/aromatic N) is 2. The van der Waals surface area contributed by atoms with Gasteiger partial charge in [-0.05, 0) is 48.1 Å². The van der Waals surface area contributed by atoms with Crippen molar-refractivity contribution in [3.05, 3.63) is 53.9 Å². The number of carbonyl (C=O) groups is 1. The van der Waals surface area contributed by atoms with Crippen molar-refractivity contribution in [1.82, 2.24) is 9.88 Å². The fourth-order valence-electron chi connectivity index (χ4n) is 4.23. The minimum Gasteiger partial charge on any atom is -0.454 e. The quantitative estimate of drug-likeness (QED) is 0.810. The van der Waals surface area contributed by atoms with E-state index in [4.69, 9.17) is 9.47 Å². The second kappa shape index (κ2) is 7.59. The number of pyridine rings is 1. The smallest absolute Gasteiger partial charge is 0.254 e. The zero-order valence-electron chi connectivity index (χ0n) is 15.9. The van der Waals surface area contributed by atoms with Gasteiger partial charge >= 0.3 is 0 Å². The molecule has 1 aliphatic carbocycles. The summed E-state index contributed by atoms with van der Waals surface area (Å²) in [7, 11) is 0. The van der Waals surface area contributed by atoms with Crippen LogP contribution in [0.4, 0.5) is 0 Å². The van der Waals surface area contributed by atoms with E-state index in [0.29, 0.717) is 23.9 Å². The van der Waals surface area contributed by atoms with Crippen molar-refractivity contribution < 1.29 is 14.3 Å². The van der Waals surface area contributed by atoms with Gasteiger partial charge in [0.1, 0.15) is 0 Å². The van der Waals surface area contributed by atoms with E-state index in [1.54, 1.807) is 24.5 Å². The van der Waals surface area contributed by atoms with Gasteiger partial charge in [0, 0.05) is 30.5 Å². The lowest BCUT2D eigenvalue weighted by Gasteiger charge is -2.41. The monoisotopic (exact) mass is 366 g/mol. The van der Waals surface area contributed by atoms with Crippen molar-refractivity contribution in [2.75, 3.05) is 6.79 Å². The molecule has 2 aliphatic rings. The number of fused-ring (bicyclic) bond motifs is 1. The van der Waals surface area contributed by atoms with E-state index in [-0.39, 0.29) is 18.7 Å². The van der Waals surface area contributed by atoms with Crippen molar-refractivity contribution in [2.45, 2.75) is 45.7 Å². The molecule has 0 bridgehead atoms. The number of benzene rings is 1. The van der Waals surface area contributed by atoms with Crippen LogP contribution in [0.3, 0.4) is 0 Å². The maximum Gasteiger partial charge on any atom is 0.254 e. The normalized spacial score (nSPS) is 23.9. The Morgan fingerprint density at radius 3 is 2.70 bits per heavy atom. The number of carbonyl (C=O) groups excluding carboxylic acids is 1. The summed E-state index contributed by atoms with van der Waals surface area (Å²) < 4.78 is 10.9. The van der Waals surface area contributed by atoms with E-state index < -0.39 is 0 Å². The molecule has 5 nitrogen and oxygen atoms in total. The molecule has 2 aromatic rings. The molecule has 1 saturated carbocycles. The van der Waals surface area contributed by atoms with Gasteiger partial charge in [0.2, 0.25) is 6.79 Å². The highest BCUT2D eigenvalue weighted by molar-refractivity contribution is 5.94.